The van der Waals surface area contributed by atoms with Gasteiger partial charge >= 0.3 is 0 Å². The summed E-state index contributed by atoms with van der Waals surface area (Å²) in [5, 5.41) is 0.441. The summed E-state index contributed by atoms with van der Waals surface area (Å²) in [5.41, 5.74) is 3.05. The second-order valence-corrected chi connectivity index (χ2v) is 8.72. The zero-order chi connectivity index (χ0) is 23.3. The molecule has 0 unspecified atom stereocenters. The molecular weight excluding hydrogens is 492 g/mol. The van der Waals surface area contributed by atoms with Crippen LogP contribution in [0.5, 0.6) is 11.5 Å². The maximum atomic E-state index is 13.0. The van der Waals surface area contributed by atoms with Gasteiger partial charge in [0.2, 0.25) is 5.75 Å². The van der Waals surface area contributed by atoms with Crippen molar-refractivity contribution >= 4 is 26.9 Å². The Labute approximate surface area is 205 Å². The highest BCUT2D eigenvalue weighted by molar-refractivity contribution is 9.10. The molecule has 1 heterocycles. The fraction of sp³-hybridized carbons (Fsp3) is 0.0690. The average Bonchev–Trinajstić information content (AvgIpc) is 2.88. The molecule has 0 saturated heterocycles. The Morgan fingerprint density at radius 1 is 0.706 bits per heavy atom. The van der Waals surface area contributed by atoms with Crippen molar-refractivity contribution in [2.75, 3.05) is 0 Å². The van der Waals surface area contributed by atoms with Gasteiger partial charge in [-0.3, -0.25) is 4.79 Å². The Balaban J connectivity index is 1.59. The number of ether oxygens (including phenoxy) is 2. The first kappa shape index (κ1) is 22.0. The second-order valence-electron chi connectivity index (χ2n) is 7.80. The Bertz CT molecular complexity index is 1460. The maximum absolute atomic E-state index is 13.0. The molecule has 0 spiro atoms. The second kappa shape index (κ2) is 9.98. The van der Waals surface area contributed by atoms with E-state index in [1.165, 1.54) is 6.07 Å². The zero-order valence-electron chi connectivity index (χ0n) is 18.2. The highest BCUT2D eigenvalue weighted by atomic mass is 79.9. The largest absolute Gasteiger partial charge is 0.485 e. The molecule has 0 aliphatic heterocycles. The Morgan fingerprint density at radius 3 is 1.97 bits per heavy atom. The van der Waals surface area contributed by atoms with E-state index >= 15 is 0 Å². The summed E-state index contributed by atoms with van der Waals surface area (Å²) in [7, 11) is 0. The van der Waals surface area contributed by atoms with E-state index in [-0.39, 0.29) is 5.43 Å². The van der Waals surface area contributed by atoms with E-state index in [9.17, 15) is 4.79 Å². The molecule has 0 amide bonds. The van der Waals surface area contributed by atoms with Gasteiger partial charge < -0.3 is 13.9 Å². The number of benzene rings is 4. The Kier molecular flexibility index (Phi) is 6.45. The van der Waals surface area contributed by atoms with Crippen LogP contribution in [0.2, 0.25) is 0 Å². The highest BCUT2D eigenvalue weighted by Gasteiger charge is 2.17. The molecular formula is C29H21BrO4. The third kappa shape index (κ3) is 4.90. The van der Waals surface area contributed by atoms with Gasteiger partial charge in [-0.05, 0) is 35.4 Å². The van der Waals surface area contributed by atoms with Gasteiger partial charge in [-0.15, -0.1) is 0 Å². The minimum atomic E-state index is -0.140. The van der Waals surface area contributed by atoms with Crippen molar-refractivity contribution in [2.45, 2.75) is 13.2 Å². The summed E-state index contributed by atoms with van der Waals surface area (Å²) in [4.78, 5) is 13.0. The Morgan fingerprint density at radius 2 is 1.32 bits per heavy atom. The summed E-state index contributed by atoms with van der Waals surface area (Å²) >= 11 is 3.44. The first-order valence-corrected chi connectivity index (χ1v) is 11.7. The Hall–Kier alpha value is -3.83. The summed E-state index contributed by atoms with van der Waals surface area (Å²) in [6, 6.07) is 32.4. The number of hydrogen-bond donors (Lipinski definition) is 0. The normalized spacial score (nSPS) is 10.9. The van der Waals surface area contributed by atoms with E-state index in [1.54, 1.807) is 12.1 Å². The van der Waals surface area contributed by atoms with Gasteiger partial charge in [-0.1, -0.05) is 88.7 Å². The van der Waals surface area contributed by atoms with Crippen molar-refractivity contribution in [1.29, 1.82) is 0 Å². The quantitative estimate of drug-likeness (QED) is 0.228. The number of hydrogen-bond acceptors (Lipinski definition) is 4. The third-order valence-corrected chi connectivity index (χ3v) is 5.94. The van der Waals surface area contributed by atoms with Crippen molar-refractivity contribution in [1.82, 2.24) is 0 Å². The van der Waals surface area contributed by atoms with Crippen LogP contribution < -0.4 is 14.9 Å². The molecule has 0 aliphatic rings. The van der Waals surface area contributed by atoms with Gasteiger partial charge in [0.25, 0.3) is 0 Å². The maximum Gasteiger partial charge on any atom is 0.205 e. The van der Waals surface area contributed by atoms with Crippen molar-refractivity contribution in [2.24, 2.45) is 0 Å². The molecule has 0 aliphatic carbocycles. The smallest absolute Gasteiger partial charge is 0.205 e. The lowest BCUT2D eigenvalue weighted by molar-refractivity contribution is 0.256. The van der Waals surface area contributed by atoms with E-state index < -0.39 is 0 Å². The van der Waals surface area contributed by atoms with Gasteiger partial charge in [-0.25, -0.2) is 0 Å². The molecule has 0 atom stereocenters. The number of halogens is 1. The first-order valence-electron chi connectivity index (χ1n) is 10.9. The van der Waals surface area contributed by atoms with Crippen LogP contribution in [-0.2, 0) is 13.2 Å². The monoisotopic (exact) mass is 512 g/mol. The molecule has 5 heteroatoms. The molecule has 0 radical (unpaired) electrons. The van der Waals surface area contributed by atoms with Crippen LogP contribution >= 0.6 is 15.9 Å². The summed E-state index contributed by atoms with van der Waals surface area (Å²) in [6.45, 7) is 0.679. The summed E-state index contributed by atoms with van der Waals surface area (Å²) in [5.74, 6) is 1.39. The van der Waals surface area contributed by atoms with Crippen molar-refractivity contribution in [3.8, 4) is 22.8 Å². The molecule has 5 rings (SSSR count). The van der Waals surface area contributed by atoms with E-state index in [0.29, 0.717) is 41.4 Å². The van der Waals surface area contributed by atoms with Crippen molar-refractivity contribution in [3.63, 3.8) is 0 Å². The van der Waals surface area contributed by atoms with Gasteiger partial charge in [0, 0.05) is 16.1 Å². The fourth-order valence-electron chi connectivity index (χ4n) is 3.65. The number of fused-ring (bicyclic) bond motifs is 1. The van der Waals surface area contributed by atoms with E-state index in [1.807, 2.05) is 84.9 Å². The molecule has 0 saturated carbocycles. The van der Waals surface area contributed by atoms with Crippen molar-refractivity contribution < 1.29 is 13.9 Å². The summed E-state index contributed by atoms with van der Waals surface area (Å²) in [6.07, 6.45) is 0. The van der Waals surface area contributed by atoms with Crippen LogP contribution in [0, 0.1) is 0 Å². The minimum absolute atomic E-state index is 0.140. The fourth-order valence-corrected chi connectivity index (χ4v) is 3.91. The van der Waals surface area contributed by atoms with Crippen LogP contribution in [0.1, 0.15) is 11.1 Å². The average molecular weight is 513 g/mol. The van der Waals surface area contributed by atoms with Crippen LogP contribution in [0.15, 0.2) is 117 Å². The van der Waals surface area contributed by atoms with E-state index in [2.05, 4.69) is 15.9 Å². The first-order chi connectivity index (χ1) is 16.7. The van der Waals surface area contributed by atoms with Gasteiger partial charge in [0.1, 0.15) is 19.0 Å². The topological polar surface area (TPSA) is 48.7 Å². The van der Waals surface area contributed by atoms with Gasteiger partial charge in [-0.2, -0.15) is 0 Å². The number of rotatable bonds is 7. The SMILES string of the molecule is O=c1cc(-c2ccc(Br)cc2)oc2c(OCc3ccccc3)c(OCc3ccccc3)ccc12. The van der Waals surface area contributed by atoms with Crippen LogP contribution in [0.25, 0.3) is 22.3 Å². The molecule has 5 aromatic rings. The molecule has 0 fully saturated rings. The van der Waals surface area contributed by atoms with Gasteiger partial charge in [0.15, 0.2) is 16.8 Å². The molecule has 1 aromatic heterocycles. The lowest BCUT2D eigenvalue weighted by Gasteiger charge is -2.15. The predicted octanol–water partition coefficient (Wildman–Crippen LogP) is 7.38. The van der Waals surface area contributed by atoms with Crippen LogP contribution in [0.4, 0.5) is 0 Å². The minimum Gasteiger partial charge on any atom is -0.485 e. The molecule has 4 nitrogen and oxygen atoms in total. The lowest BCUT2D eigenvalue weighted by atomic mass is 10.1. The molecule has 34 heavy (non-hydrogen) atoms. The van der Waals surface area contributed by atoms with Gasteiger partial charge in [0.05, 0.1) is 5.39 Å². The zero-order valence-corrected chi connectivity index (χ0v) is 19.8. The third-order valence-electron chi connectivity index (χ3n) is 5.41. The van der Waals surface area contributed by atoms with Crippen molar-refractivity contribution in [3.05, 3.63) is 129 Å². The molecule has 0 bridgehead atoms. The molecule has 168 valence electrons. The predicted molar refractivity (Wildman–Crippen MR) is 137 cm³/mol. The standard InChI is InChI=1S/C29H21BrO4/c30-23-13-11-22(12-14-23)27-17-25(31)24-15-16-26(32-18-20-7-3-1-4-8-20)29(28(24)34-27)33-19-21-9-5-2-6-10-21/h1-17H,18-19H2. The molecule has 0 N–H and O–H groups in total. The van der Waals surface area contributed by atoms with E-state index in [0.717, 1.165) is 21.2 Å². The highest BCUT2D eigenvalue weighted by Crippen LogP contribution is 2.37. The van der Waals surface area contributed by atoms with E-state index in [4.69, 9.17) is 13.9 Å². The summed E-state index contributed by atoms with van der Waals surface area (Å²) < 4.78 is 19.6. The lowest BCUT2D eigenvalue weighted by Crippen LogP contribution is -2.05. The van der Waals surface area contributed by atoms with Crippen LogP contribution in [0.3, 0.4) is 0 Å². The molecule has 4 aromatic carbocycles. The van der Waals surface area contributed by atoms with Crippen LogP contribution in [-0.4, -0.2) is 0 Å².